The molecule has 3 N–H and O–H groups in total. The summed E-state index contributed by atoms with van der Waals surface area (Å²) < 4.78 is 0. The fraction of sp³-hybridized carbons (Fsp3) is 0.316. The summed E-state index contributed by atoms with van der Waals surface area (Å²) in [6.45, 7) is 3.96. The lowest BCUT2D eigenvalue weighted by molar-refractivity contribution is 0.169. The van der Waals surface area contributed by atoms with E-state index < -0.39 is 6.10 Å². The molecule has 0 bridgehead atoms. The number of aromatic nitrogens is 3. The molecule has 0 aromatic carbocycles. The van der Waals surface area contributed by atoms with E-state index in [1.165, 1.54) is 0 Å². The van der Waals surface area contributed by atoms with Crippen LogP contribution in [0.5, 0.6) is 0 Å². The molecule has 6 heteroatoms. The zero-order chi connectivity index (χ0) is 18.0. The van der Waals surface area contributed by atoms with Gasteiger partial charge in [0.1, 0.15) is 11.6 Å². The van der Waals surface area contributed by atoms with Gasteiger partial charge in [0.15, 0.2) is 0 Å². The predicted octanol–water partition coefficient (Wildman–Crippen LogP) is 3.53. The van der Waals surface area contributed by atoms with E-state index in [-0.39, 0.29) is 0 Å². The zero-order valence-corrected chi connectivity index (χ0v) is 15.0. The van der Waals surface area contributed by atoms with Crippen molar-refractivity contribution in [3.8, 4) is 11.1 Å². The lowest BCUT2D eigenvalue weighted by Gasteiger charge is -2.15. The number of nitrogens with zero attached hydrogens (tertiary/aromatic N) is 3. The Morgan fingerprint density at radius 3 is 2.48 bits per heavy atom. The molecule has 0 radical (unpaired) electrons. The number of aliphatic hydroxyl groups is 1. The summed E-state index contributed by atoms with van der Waals surface area (Å²) in [6, 6.07) is 5.93. The average molecular weight is 337 g/mol. The van der Waals surface area contributed by atoms with Crippen LogP contribution in [0, 0.1) is 6.92 Å². The number of fused-ring (bicyclic) bond motifs is 1. The van der Waals surface area contributed by atoms with Crippen LogP contribution in [-0.2, 0) is 0 Å². The van der Waals surface area contributed by atoms with Crippen LogP contribution >= 0.6 is 0 Å². The van der Waals surface area contributed by atoms with Gasteiger partial charge in [-0.2, -0.15) is 0 Å². The third-order valence-electron chi connectivity index (χ3n) is 4.34. The molecule has 0 aliphatic heterocycles. The van der Waals surface area contributed by atoms with Gasteiger partial charge in [-0.05, 0) is 31.0 Å². The van der Waals surface area contributed by atoms with Gasteiger partial charge in [-0.1, -0.05) is 6.92 Å². The largest absolute Gasteiger partial charge is 0.387 e. The first kappa shape index (κ1) is 17.1. The number of hydrogen-bond donors (Lipinski definition) is 3. The van der Waals surface area contributed by atoms with Crippen molar-refractivity contribution in [1.29, 1.82) is 0 Å². The molecule has 1 unspecified atom stereocenters. The highest BCUT2D eigenvalue weighted by atomic mass is 16.3. The van der Waals surface area contributed by atoms with Gasteiger partial charge in [0.2, 0.25) is 0 Å². The fourth-order valence-corrected chi connectivity index (χ4v) is 2.85. The van der Waals surface area contributed by atoms with E-state index in [0.717, 1.165) is 39.2 Å². The van der Waals surface area contributed by atoms with Crippen molar-refractivity contribution >= 4 is 22.5 Å². The Morgan fingerprint density at radius 1 is 1.04 bits per heavy atom. The van der Waals surface area contributed by atoms with Gasteiger partial charge < -0.3 is 15.7 Å². The standard InChI is InChI=1S/C19H23N5O/c1-5-17(25)16-6-11(2)14(10-22-16)13-7-12-9-23-18(20-3)8-15(12)24-19(13)21-4/h6-10,17,25H,5H2,1-4H3,(H,20,23)(H,21,24). The van der Waals surface area contributed by atoms with Crippen molar-refractivity contribution in [1.82, 2.24) is 15.0 Å². The Morgan fingerprint density at radius 2 is 1.84 bits per heavy atom. The molecular weight excluding hydrogens is 314 g/mol. The summed E-state index contributed by atoms with van der Waals surface area (Å²) in [5.74, 6) is 1.57. The van der Waals surface area contributed by atoms with Gasteiger partial charge in [-0.15, -0.1) is 0 Å². The van der Waals surface area contributed by atoms with Crippen molar-refractivity contribution in [3.05, 3.63) is 41.9 Å². The number of pyridine rings is 3. The molecule has 130 valence electrons. The van der Waals surface area contributed by atoms with Gasteiger partial charge in [-0.25, -0.2) is 9.97 Å². The minimum Gasteiger partial charge on any atom is -0.387 e. The second-order valence-electron chi connectivity index (χ2n) is 5.99. The van der Waals surface area contributed by atoms with Crippen LogP contribution in [-0.4, -0.2) is 34.2 Å². The lowest BCUT2D eigenvalue weighted by atomic mass is 10.00. The molecule has 0 fully saturated rings. The minimum atomic E-state index is -0.532. The first-order valence-electron chi connectivity index (χ1n) is 8.38. The molecular formula is C19H23N5O. The van der Waals surface area contributed by atoms with Crippen molar-refractivity contribution < 1.29 is 5.11 Å². The maximum atomic E-state index is 10.0. The maximum absolute atomic E-state index is 10.0. The van der Waals surface area contributed by atoms with E-state index in [4.69, 9.17) is 4.98 Å². The maximum Gasteiger partial charge on any atom is 0.134 e. The second kappa shape index (κ2) is 7.03. The average Bonchev–Trinajstić information content (AvgIpc) is 2.65. The van der Waals surface area contributed by atoms with E-state index in [9.17, 15) is 5.11 Å². The molecule has 0 aliphatic rings. The van der Waals surface area contributed by atoms with E-state index in [1.54, 1.807) is 0 Å². The number of anilines is 2. The molecule has 3 rings (SSSR count). The monoisotopic (exact) mass is 337 g/mol. The SMILES string of the molecule is CCC(O)c1cc(C)c(-c2cc3cnc(NC)cc3nc2NC)cn1. The second-order valence-corrected chi connectivity index (χ2v) is 5.99. The molecule has 3 aromatic rings. The summed E-state index contributed by atoms with van der Waals surface area (Å²) in [4.78, 5) is 13.5. The number of nitrogens with one attached hydrogen (secondary N) is 2. The number of aryl methyl sites for hydroxylation is 1. The van der Waals surface area contributed by atoms with Crippen molar-refractivity contribution in [2.45, 2.75) is 26.4 Å². The van der Waals surface area contributed by atoms with Crippen LogP contribution in [0.1, 0.15) is 30.7 Å². The van der Waals surface area contributed by atoms with E-state index in [1.807, 2.05) is 52.5 Å². The molecule has 6 nitrogen and oxygen atoms in total. The van der Waals surface area contributed by atoms with Crippen LogP contribution in [0.15, 0.2) is 30.6 Å². The van der Waals surface area contributed by atoms with Gasteiger partial charge in [0, 0.05) is 49.1 Å². The minimum absolute atomic E-state index is 0.532. The summed E-state index contributed by atoms with van der Waals surface area (Å²) in [7, 11) is 3.69. The number of aliphatic hydroxyl groups excluding tert-OH is 1. The van der Waals surface area contributed by atoms with Crippen LogP contribution in [0.4, 0.5) is 11.6 Å². The van der Waals surface area contributed by atoms with Gasteiger partial charge in [0.05, 0.1) is 17.3 Å². The smallest absolute Gasteiger partial charge is 0.134 e. The van der Waals surface area contributed by atoms with E-state index in [0.29, 0.717) is 12.1 Å². The van der Waals surface area contributed by atoms with Crippen molar-refractivity contribution in [2.75, 3.05) is 24.7 Å². The number of rotatable bonds is 5. The Labute approximate surface area is 147 Å². The lowest BCUT2D eigenvalue weighted by Crippen LogP contribution is -2.02. The molecule has 0 amide bonds. The van der Waals surface area contributed by atoms with Crippen molar-refractivity contribution in [3.63, 3.8) is 0 Å². The van der Waals surface area contributed by atoms with Crippen molar-refractivity contribution in [2.24, 2.45) is 0 Å². The van der Waals surface area contributed by atoms with Crippen LogP contribution < -0.4 is 10.6 Å². The first-order valence-corrected chi connectivity index (χ1v) is 8.38. The normalized spacial score (nSPS) is 12.2. The molecule has 0 saturated carbocycles. The molecule has 1 atom stereocenters. The molecule has 0 spiro atoms. The Hall–Kier alpha value is -2.73. The highest BCUT2D eigenvalue weighted by molar-refractivity contribution is 5.90. The summed E-state index contributed by atoms with van der Waals surface area (Å²) in [5.41, 5.74) is 4.58. The van der Waals surface area contributed by atoms with Crippen LogP contribution in [0.2, 0.25) is 0 Å². The van der Waals surface area contributed by atoms with Gasteiger partial charge >= 0.3 is 0 Å². The van der Waals surface area contributed by atoms with Crippen LogP contribution in [0.25, 0.3) is 22.0 Å². The van der Waals surface area contributed by atoms with E-state index >= 15 is 0 Å². The predicted molar refractivity (Wildman–Crippen MR) is 102 cm³/mol. The zero-order valence-electron chi connectivity index (χ0n) is 15.0. The van der Waals surface area contributed by atoms with Gasteiger partial charge in [-0.3, -0.25) is 4.98 Å². The molecule has 0 saturated heterocycles. The topological polar surface area (TPSA) is 83.0 Å². The molecule has 3 heterocycles. The molecule has 0 aliphatic carbocycles. The Kier molecular flexibility index (Phi) is 4.81. The molecule has 25 heavy (non-hydrogen) atoms. The Balaban J connectivity index is 2.14. The van der Waals surface area contributed by atoms with Crippen LogP contribution in [0.3, 0.4) is 0 Å². The third kappa shape index (κ3) is 3.25. The third-order valence-corrected chi connectivity index (χ3v) is 4.34. The highest BCUT2D eigenvalue weighted by Crippen LogP contribution is 2.33. The first-order chi connectivity index (χ1) is 12.1. The highest BCUT2D eigenvalue weighted by Gasteiger charge is 2.14. The quantitative estimate of drug-likeness (QED) is 0.661. The summed E-state index contributed by atoms with van der Waals surface area (Å²) in [5, 5.41) is 17.2. The molecule has 3 aromatic heterocycles. The van der Waals surface area contributed by atoms with Gasteiger partial charge in [0.25, 0.3) is 0 Å². The summed E-state index contributed by atoms with van der Waals surface area (Å²) >= 11 is 0. The summed E-state index contributed by atoms with van der Waals surface area (Å²) in [6.07, 6.45) is 3.73. The fourth-order valence-electron chi connectivity index (χ4n) is 2.85. The van der Waals surface area contributed by atoms with E-state index in [2.05, 4.69) is 26.7 Å². The Bertz CT molecular complexity index is 910. The number of hydrogen-bond acceptors (Lipinski definition) is 6.